The summed E-state index contributed by atoms with van der Waals surface area (Å²) in [6.45, 7) is 6.18. The largest absolute Gasteiger partial charge is 0.355 e. The molecule has 8 heteroatoms. The van der Waals surface area contributed by atoms with Crippen LogP contribution in [0.3, 0.4) is 0 Å². The van der Waals surface area contributed by atoms with Gasteiger partial charge in [-0.2, -0.15) is 0 Å². The van der Waals surface area contributed by atoms with Crippen LogP contribution in [0, 0.1) is 11.8 Å². The normalized spacial score (nSPS) is 26.1. The van der Waals surface area contributed by atoms with Crippen molar-refractivity contribution < 1.29 is 4.79 Å². The highest BCUT2D eigenvalue weighted by Crippen LogP contribution is 2.38. The summed E-state index contributed by atoms with van der Waals surface area (Å²) in [6.07, 6.45) is 8.89. The van der Waals surface area contributed by atoms with E-state index in [0.29, 0.717) is 38.1 Å². The van der Waals surface area contributed by atoms with Gasteiger partial charge >= 0.3 is 0 Å². The molecule has 1 saturated carbocycles. The first-order valence-corrected chi connectivity index (χ1v) is 12.7. The Morgan fingerprint density at radius 2 is 1.84 bits per heavy atom. The minimum atomic E-state index is -0.150. The van der Waals surface area contributed by atoms with E-state index in [0.717, 1.165) is 38.8 Å². The molecule has 2 saturated heterocycles. The summed E-state index contributed by atoms with van der Waals surface area (Å²) >= 11 is 6.87. The molecule has 0 aromatic carbocycles. The molecule has 32 heavy (non-hydrogen) atoms. The number of fused-ring (bicyclic) bond motifs is 1. The van der Waals surface area contributed by atoms with Crippen LogP contribution >= 0.6 is 24.0 Å². The lowest BCUT2D eigenvalue weighted by atomic mass is 9.91. The van der Waals surface area contributed by atoms with Crippen LogP contribution in [0.2, 0.25) is 0 Å². The van der Waals surface area contributed by atoms with Gasteiger partial charge in [0.1, 0.15) is 15.8 Å². The van der Waals surface area contributed by atoms with Crippen molar-refractivity contribution in [1.29, 1.82) is 0 Å². The van der Waals surface area contributed by atoms with E-state index in [1.807, 2.05) is 18.2 Å². The van der Waals surface area contributed by atoms with Crippen LogP contribution in [-0.2, 0) is 4.79 Å². The van der Waals surface area contributed by atoms with Crippen LogP contribution in [0.4, 0.5) is 5.82 Å². The quantitative estimate of drug-likeness (QED) is 0.494. The molecule has 2 aliphatic heterocycles. The summed E-state index contributed by atoms with van der Waals surface area (Å²) in [4.78, 5) is 36.2. The van der Waals surface area contributed by atoms with Crippen molar-refractivity contribution in [2.24, 2.45) is 11.8 Å². The number of pyridine rings is 1. The second kappa shape index (κ2) is 8.63. The molecule has 4 heterocycles. The number of hydrogen-bond donors (Lipinski definition) is 0. The van der Waals surface area contributed by atoms with Gasteiger partial charge in [-0.1, -0.05) is 56.7 Å². The lowest BCUT2D eigenvalue weighted by Crippen LogP contribution is -2.40. The standard InChI is InChI=1S/C24H28N4O2S2/c1-15-11-16(2)14-26(13-15)21-18(22(29)27-10-6-5-9-20(27)25-21)12-19-23(30)28(24(31)32-19)17-7-3-4-8-17/h5-6,9-10,12,15-17H,3-4,7-8,11,13-14H2,1-2H3/b19-12-/t15-,16-/m0/s1. The van der Waals surface area contributed by atoms with Crippen LogP contribution in [0.1, 0.15) is 51.5 Å². The van der Waals surface area contributed by atoms with E-state index in [4.69, 9.17) is 17.2 Å². The molecule has 0 unspecified atom stereocenters. The van der Waals surface area contributed by atoms with Crippen LogP contribution in [0.15, 0.2) is 34.1 Å². The number of amides is 1. The fraction of sp³-hybridized carbons (Fsp3) is 0.500. The highest BCUT2D eigenvalue weighted by molar-refractivity contribution is 8.26. The minimum absolute atomic E-state index is 0.0733. The molecule has 2 atom stereocenters. The number of thioether (sulfide) groups is 1. The molecule has 168 valence electrons. The van der Waals surface area contributed by atoms with Crippen LogP contribution in [0.5, 0.6) is 0 Å². The number of thiocarbonyl (C=S) groups is 1. The van der Waals surface area contributed by atoms with Crippen molar-refractivity contribution in [2.75, 3.05) is 18.0 Å². The predicted octanol–water partition coefficient (Wildman–Crippen LogP) is 4.32. The highest BCUT2D eigenvalue weighted by Gasteiger charge is 2.38. The van der Waals surface area contributed by atoms with Gasteiger partial charge in [-0.25, -0.2) is 4.98 Å². The SMILES string of the molecule is C[C@H]1C[C@H](C)CN(c2nc3ccccn3c(=O)c2/C=C2\SC(=S)N(C3CCCC3)C2=O)C1. The first-order chi connectivity index (χ1) is 15.4. The first-order valence-electron chi connectivity index (χ1n) is 11.5. The zero-order chi connectivity index (χ0) is 22.4. The van der Waals surface area contributed by atoms with Crippen molar-refractivity contribution in [1.82, 2.24) is 14.3 Å². The Kier molecular flexibility index (Phi) is 5.84. The Labute approximate surface area is 197 Å². The maximum atomic E-state index is 13.6. The van der Waals surface area contributed by atoms with E-state index < -0.39 is 0 Å². The van der Waals surface area contributed by atoms with Crippen LogP contribution in [0.25, 0.3) is 11.7 Å². The number of carbonyl (C=O) groups excluding carboxylic acids is 1. The summed E-state index contributed by atoms with van der Waals surface area (Å²) in [6, 6.07) is 5.75. The van der Waals surface area contributed by atoms with Gasteiger partial charge in [-0.15, -0.1) is 0 Å². The van der Waals surface area contributed by atoms with Gasteiger partial charge < -0.3 is 4.90 Å². The maximum Gasteiger partial charge on any atom is 0.267 e. The molecule has 6 nitrogen and oxygen atoms in total. The summed E-state index contributed by atoms with van der Waals surface area (Å²) < 4.78 is 2.16. The van der Waals surface area contributed by atoms with Crippen molar-refractivity contribution >= 4 is 51.7 Å². The molecule has 0 bridgehead atoms. The summed E-state index contributed by atoms with van der Waals surface area (Å²) in [5.74, 6) is 1.63. The fourth-order valence-corrected chi connectivity index (χ4v) is 6.76. The molecule has 0 N–H and O–H groups in total. The average Bonchev–Trinajstić information content (AvgIpc) is 3.37. The topological polar surface area (TPSA) is 57.9 Å². The second-order valence-electron chi connectivity index (χ2n) is 9.42. The van der Waals surface area contributed by atoms with Gasteiger partial charge in [0, 0.05) is 25.3 Å². The Bertz CT molecular complexity index is 1160. The van der Waals surface area contributed by atoms with Gasteiger partial charge in [0.2, 0.25) is 0 Å². The van der Waals surface area contributed by atoms with Gasteiger partial charge in [0.15, 0.2) is 0 Å². The third-order valence-electron chi connectivity index (χ3n) is 6.71. The lowest BCUT2D eigenvalue weighted by molar-refractivity contribution is -0.123. The number of aromatic nitrogens is 2. The number of piperidine rings is 1. The first kappa shape index (κ1) is 21.6. The van der Waals surface area contributed by atoms with E-state index >= 15 is 0 Å². The van der Waals surface area contributed by atoms with Gasteiger partial charge in [0.05, 0.1) is 10.5 Å². The Hall–Kier alpha value is -2.19. The van der Waals surface area contributed by atoms with Gasteiger partial charge in [-0.3, -0.25) is 18.9 Å². The maximum absolute atomic E-state index is 13.6. The summed E-state index contributed by atoms with van der Waals surface area (Å²) in [5.41, 5.74) is 0.943. The molecule has 0 radical (unpaired) electrons. The lowest BCUT2D eigenvalue weighted by Gasteiger charge is -2.36. The Morgan fingerprint density at radius 1 is 1.12 bits per heavy atom. The smallest absolute Gasteiger partial charge is 0.267 e. The number of rotatable bonds is 3. The molecule has 5 rings (SSSR count). The van der Waals surface area contributed by atoms with E-state index in [1.165, 1.54) is 18.2 Å². The Balaban J connectivity index is 1.61. The predicted molar refractivity (Wildman–Crippen MR) is 134 cm³/mol. The molecule has 3 fully saturated rings. The monoisotopic (exact) mass is 468 g/mol. The third kappa shape index (κ3) is 3.88. The zero-order valence-electron chi connectivity index (χ0n) is 18.5. The van der Waals surface area contributed by atoms with Gasteiger partial charge in [-0.05, 0) is 49.3 Å². The fourth-order valence-electron chi connectivity index (χ4n) is 5.38. The van der Waals surface area contributed by atoms with E-state index in [2.05, 4.69) is 18.7 Å². The van der Waals surface area contributed by atoms with E-state index in [-0.39, 0.29) is 17.5 Å². The third-order valence-corrected chi connectivity index (χ3v) is 8.04. The number of nitrogens with zero attached hydrogens (tertiary/aromatic N) is 4. The summed E-state index contributed by atoms with van der Waals surface area (Å²) in [7, 11) is 0. The summed E-state index contributed by atoms with van der Waals surface area (Å²) in [5, 5.41) is 0. The number of hydrogen-bond acceptors (Lipinski definition) is 6. The minimum Gasteiger partial charge on any atom is -0.355 e. The molecular weight excluding hydrogens is 440 g/mol. The van der Waals surface area contributed by atoms with Crippen molar-refractivity contribution in [2.45, 2.75) is 52.0 Å². The van der Waals surface area contributed by atoms with Crippen molar-refractivity contribution in [3.8, 4) is 0 Å². The molecular formula is C24H28N4O2S2. The van der Waals surface area contributed by atoms with E-state index in [1.54, 1.807) is 21.6 Å². The molecule has 2 aromatic rings. The van der Waals surface area contributed by atoms with Crippen molar-refractivity contribution in [3.63, 3.8) is 0 Å². The van der Waals surface area contributed by atoms with Crippen LogP contribution < -0.4 is 10.5 Å². The average molecular weight is 469 g/mol. The van der Waals surface area contributed by atoms with Crippen molar-refractivity contribution in [3.05, 3.63) is 45.2 Å². The number of anilines is 1. The van der Waals surface area contributed by atoms with Crippen LogP contribution in [-0.4, -0.2) is 43.6 Å². The molecule has 1 aliphatic carbocycles. The number of carbonyl (C=O) groups is 1. The zero-order valence-corrected chi connectivity index (χ0v) is 20.1. The highest BCUT2D eigenvalue weighted by atomic mass is 32.2. The molecule has 2 aromatic heterocycles. The van der Waals surface area contributed by atoms with Gasteiger partial charge in [0.25, 0.3) is 11.5 Å². The van der Waals surface area contributed by atoms with E-state index in [9.17, 15) is 9.59 Å². The molecule has 3 aliphatic rings. The molecule has 0 spiro atoms. The Morgan fingerprint density at radius 3 is 2.56 bits per heavy atom. The second-order valence-corrected chi connectivity index (χ2v) is 11.1. The molecule has 1 amide bonds.